The van der Waals surface area contributed by atoms with E-state index in [-0.39, 0.29) is 17.9 Å². The molecule has 0 fully saturated rings. The molecule has 1 heterocycles. The number of hydrogen-bond acceptors (Lipinski definition) is 3. The third-order valence-electron chi connectivity index (χ3n) is 4.39. The fourth-order valence-corrected chi connectivity index (χ4v) is 2.98. The van der Waals surface area contributed by atoms with Crippen LogP contribution in [0.5, 0.6) is 0 Å². The minimum Gasteiger partial charge on any atom is -0.345 e. The summed E-state index contributed by atoms with van der Waals surface area (Å²) in [4.78, 5) is 29.0. The van der Waals surface area contributed by atoms with Crippen LogP contribution in [-0.4, -0.2) is 16.8 Å². The minimum absolute atomic E-state index is 0.0488. The molecular formula is C23H23N3O2. The summed E-state index contributed by atoms with van der Waals surface area (Å²) in [6.07, 6.45) is 4.93. The third kappa shape index (κ3) is 5.04. The van der Waals surface area contributed by atoms with Crippen molar-refractivity contribution in [3.63, 3.8) is 0 Å². The predicted octanol–water partition coefficient (Wildman–Crippen LogP) is 4.61. The molecule has 0 bridgehead atoms. The van der Waals surface area contributed by atoms with Gasteiger partial charge in [-0.2, -0.15) is 0 Å². The number of nitrogens with one attached hydrogen (secondary N) is 2. The molecule has 0 spiro atoms. The zero-order chi connectivity index (χ0) is 19.8. The Bertz CT molecular complexity index is 927. The van der Waals surface area contributed by atoms with E-state index in [9.17, 15) is 9.59 Å². The van der Waals surface area contributed by atoms with Crippen molar-refractivity contribution < 1.29 is 9.59 Å². The van der Waals surface area contributed by atoms with Crippen molar-refractivity contribution in [3.05, 3.63) is 95.8 Å². The smallest absolute Gasteiger partial charge is 0.257 e. The van der Waals surface area contributed by atoms with Crippen molar-refractivity contribution in [3.8, 4) is 0 Å². The molecule has 142 valence electrons. The largest absolute Gasteiger partial charge is 0.345 e. The first-order valence-electron chi connectivity index (χ1n) is 9.34. The van der Waals surface area contributed by atoms with Gasteiger partial charge in [0, 0.05) is 23.6 Å². The normalized spacial score (nSPS) is 11.5. The van der Waals surface area contributed by atoms with E-state index < -0.39 is 0 Å². The van der Waals surface area contributed by atoms with E-state index in [4.69, 9.17) is 0 Å². The lowest BCUT2D eigenvalue weighted by Crippen LogP contribution is -2.28. The zero-order valence-corrected chi connectivity index (χ0v) is 15.8. The number of pyridine rings is 1. The molecule has 0 aliphatic carbocycles. The summed E-state index contributed by atoms with van der Waals surface area (Å²) in [5.41, 5.74) is 2.61. The van der Waals surface area contributed by atoms with Crippen LogP contribution in [0.1, 0.15) is 52.1 Å². The van der Waals surface area contributed by atoms with Gasteiger partial charge in [0.2, 0.25) is 0 Å². The van der Waals surface area contributed by atoms with E-state index in [1.807, 2.05) is 30.3 Å². The molecule has 2 amide bonds. The number of benzene rings is 2. The Labute approximate surface area is 164 Å². The fraction of sp³-hybridized carbons (Fsp3) is 0.174. The van der Waals surface area contributed by atoms with Gasteiger partial charge in [0.1, 0.15) is 0 Å². The summed E-state index contributed by atoms with van der Waals surface area (Å²) in [6.45, 7) is 2.09. The summed E-state index contributed by atoms with van der Waals surface area (Å²) in [7, 11) is 0. The van der Waals surface area contributed by atoms with Crippen LogP contribution >= 0.6 is 0 Å². The first-order valence-corrected chi connectivity index (χ1v) is 9.34. The molecule has 0 unspecified atom stereocenters. The van der Waals surface area contributed by atoms with Crippen LogP contribution in [-0.2, 0) is 0 Å². The summed E-state index contributed by atoms with van der Waals surface area (Å²) in [6, 6.07) is 20.2. The average molecular weight is 373 g/mol. The number of carbonyl (C=O) groups is 2. The van der Waals surface area contributed by atoms with Gasteiger partial charge in [-0.25, -0.2) is 0 Å². The second kappa shape index (κ2) is 9.46. The van der Waals surface area contributed by atoms with E-state index >= 15 is 0 Å². The Kier molecular flexibility index (Phi) is 6.52. The number of hydrogen-bond donors (Lipinski definition) is 2. The van der Waals surface area contributed by atoms with Crippen LogP contribution in [0.25, 0.3) is 0 Å². The first-order chi connectivity index (χ1) is 13.7. The second-order valence-corrected chi connectivity index (χ2v) is 6.50. The van der Waals surface area contributed by atoms with Crippen LogP contribution in [0, 0.1) is 0 Å². The Morgan fingerprint density at radius 3 is 2.43 bits per heavy atom. The molecule has 3 aromatic rings. The molecule has 2 N–H and O–H groups in total. The van der Waals surface area contributed by atoms with Gasteiger partial charge in [-0.3, -0.25) is 14.6 Å². The molecule has 3 rings (SSSR count). The minimum atomic E-state index is -0.265. The van der Waals surface area contributed by atoms with Crippen molar-refractivity contribution in [2.45, 2.75) is 25.8 Å². The highest BCUT2D eigenvalue weighted by molar-refractivity contribution is 6.04. The lowest BCUT2D eigenvalue weighted by Gasteiger charge is -2.19. The Hall–Kier alpha value is -3.47. The van der Waals surface area contributed by atoms with Crippen LogP contribution in [0.15, 0.2) is 79.1 Å². The fourth-order valence-electron chi connectivity index (χ4n) is 2.98. The molecule has 0 saturated heterocycles. The summed E-state index contributed by atoms with van der Waals surface area (Å²) >= 11 is 0. The number of anilines is 1. The summed E-state index contributed by atoms with van der Waals surface area (Å²) < 4.78 is 0. The molecular weight excluding hydrogens is 350 g/mol. The van der Waals surface area contributed by atoms with Crippen LogP contribution in [0.3, 0.4) is 0 Å². The molecule has 28 heavy (non-hydrogen) atoms. The molecule has 1 aromatic heterocycles. The maximum absolute atomic E-state index is 12.8. The van der Waals surface area contributed by atoms with Crippen molar-refractivity contribution in [1.82, 2.24) is 10.3 Å². The Balaban J connectivity index is 1.72. The number of rotatable bonds is 7. The number of carbonyl (C=O) groups excluding carboxylic acids is 2. The Morgan fingerprint density at radius 1 is 0.929 bits per heavy atom. The molecule has 5 heteroatoms. The molecule has 0 radical (unpaired) electrons. The van der Waals surface area contributed by atoms with Crippen molar-refractivity contribution >= 4 is 17.5 Å². The topological polar surface area (TPSA) is 71.1 Å². The highest BCUT2D eigenvalue weighted by atomic mass is 16.2. The second-order valence-electron chi connectivity index (χ2n) is 6.50. The highest BCUT2D eigenvalue weighted by Gasteiger charge is 2.15. The molecule has 2 aromatic carbocycles. The van der Waals surface area contributed by atoms with Crippen molar-refractivity contribution in [2.24, 2.45) is 0 Å². The maximum atomic E-state index is 12.8. The van der Waals surface area contributed by atoms with Crippen molar-refractivity contribution in [1.29, 1.82) is 0 Å². The van der Waals surface area contributed by atoms with Crippen LogP contribution in [0.4, 0.5) is 5.69 Å². The highest BCUT2D eigenvalue weighted by Crippen LogP contribution is 2.20. The summed E-state index contributed by atoms with van der Waals surface area (Å²) in [5.74, 6) is -0.432. The van der Waals surface area contributed by atoms with E-state index in [2.05, 4.69) is 22.5 Å². The van der Waals surface area contributed by atoms with E-state index in [1.165, 1.54) is 6.20 Å². The van der Waals surface area contributed by atoms with Gasteiger partial charge in [-0.1, -0.05) is 49.7 Å². The average Bonchev–Trinajstić information content (AvgIpc) is 2.75. The van der Waals surface area contributed by atoms with Crippen molar-refractivity contribution in [2.75, 3.05) is 5.32 Å². The number of aromatic nitrogens is 1. The molecule has 1 atom stereocenters. The lowest BCUT2D eigenvalue weighted by atomic mass is 10.0. The number of nitrogens with zero attached hydrogens (tertiary/aromatic N) is 1. The summed E-state index contributed by atoms with van der Waals surface area (Å²) in [5, 5.41) is 5.91. The van der Waals surface area contributed by atoms with Gasteiger partial charge in [-0.15, -0.1) is 0 Å². The van der Waals surface area contributed by atoms with Gasteiger partial charge in [0.25, 0.3) is 11.8 Å². The quantitative estimate of drug-likeness (QED) is 0.635. The van der Waals surface area contributed by atoms with Crippen LogP contribution in [0.2, 0.25) is 0 Å². The van der Waals surface area contributed by atoms with Crippen LogP contribution < -0.4 is 10.6 Å². The zero-order valence-electron chi connectivity index (χ0n) is 15.8. The van der Waals surface area contributed by atoms with E-state index in [0.717, 1.165) is 18.4 Å². The van der Waals surface area contributed by atoms with Gasteiger partial charge >= 0.3 is 0 Å². The molecule has 5 nitrogen and oxygen atoms in total. The standard InChI is InChI=1S/C23H23N3O2/c1-2-8-21(17-9-4-3-5-10-17)26-22(27)18-11-6-13-20(15-18)25-23(28)19-12-7-14-24-16-19/h3-7,9-16,21H,2,8H2,1H3,(H,25,28)(H,26,27)/t21-/m1/s1. The SMILES string of the molecule is CCC[C@@H](NC(=O)c1cccc(NC(=O)c2cccnc2)c1)c1ccccc1. The van der Waals surface area contributed by atoms with E-state index in [0.29, 0.717) is 16.8 Å². The van der Waals surface area contributed by atoms with Gasteiger partial charge in [0.15, 0.2) is 0 Å². The van der Waals surface area contributed by atoms with Gasteiger partial charge in [0.05, 0.1) is 11.6 Å². The lowest BCUT2D eigenvalue weighted by molar-refractivity contribution is 0.0933. The first kappa shape index (κ1) is 19.3. The third-order valence-corrected chi connectivity index (χ3v) is 4.39. The van der Waals surface area contributed by atoms with Gasteiger partial charge < -0.3 is 10.6 Å². The molecule has 0 aliphatic heterocycles. The maximum Gasteiger partial charge on any atom is 0.257 e. The Morgan fingerprint density at radius 2 is 1.71 bits per heavy atom. The monoisotopic (exact) mass is 373 g/mol. The predicted molar refractivity (Wildman–Crippen MR) is 110 cm³/mol. The molecule has 0 aliphatic rings. The van der Waals surface area contributed by atoms with E-state index in [1.54, 1.807) is 42.6 Å². The number of amides is 2. The van der Waals surface area contributed by atoms with Gasteiger partial charge in [-0.05, 0) is 42.3 Å². The molecule has 0 saturated carbocycles.